The highest BCUT2D eigenvalue weighted by molar-refractivity contribution is 8.01. The Bertz CT molecular complexity index is 1020. The summed E-state index contributed by atoms with van der Waals surface area (Å²) in [5.41, 5.74) is 1.85. The third kappa shape index (κ3) is 5.46. The van der Waals surface area contributed by atoms with E-state index in [-0.39, 0.29) is 5.91 Å². The molecule has 31 heavy (non-hydrogen) atoms. The van der Waals surface area contributed by atoms with Crippen molar-refractivity contribution in [2.45, 2.75) is 61.1 Å². The molecule has 0 bridgehead atoms. The summed E-state index contributed by atoms with van der Waals surface area (Å²) in [4.78, 5) is 25.3. The Hall–Kier alpha value is -2.38. The van der Waals surface area contributed by atoms with Crippen LogP contribution in [0.4, 0.5) is 10.9 Å². The molecule has 0 saturated heterocycles. The Labute approximate surface area is 192 Å². The molecule has 0 radical (unpaired) electrons. The minimum Gasteiger partial charge on any atom is -0.336 e. The SMILES string of the molecule is CCN(C(=O)c1cc(Sc2cnc(Nc3ccccn3)s2)ccc1C)C1CCCCC1. The van der Waals surface area contributed by atoms with Crippen LogP contribution in [0.2, 0.25) is 0 Å². The second kappa shape index (κ2) is 10.3. The van der Waals surface area contributed by atoms with Crippen molar-refractivity contribution in [3.8, 4) is 0 Å². The maximum atomic E-state index is 13.4. The molecule has 1 amide bonds. The minimum absolute atomic E-state index is 0.163. The minimum atomic E-state index is 0.163. The van der Waals surface area contributed by atoms with Crippen molar-refractivity contribution in [2.75, 3.05) is 11.9 Å². The van der Waals surface area contributed by atoms with E-state index >= 15 is 0 Å². The van der Waals surface area contributed by atoms with Gasteiger partial charge in [-0.1, -0.05) is 54.5 Å². The van der Waals surface area contributed by atoms with Crippen molar-refractivity contribution in [3.05, 3.63) is 59.9 Å². The Kier molecular flexibility index (Phi) is 7.25. The van der Waals surface area contributed by atoms with Crippen LogP contribution in [-0.4, -0.2) is 33.4 Å². The summed E-state index contributed by atoms with van der Waals surface area (Å²) in [6.45, 7) is 4.88. The van der Waals surface area contributed by atoms with Crippen LogP contribution in [0.1, 0.15) is 54.9 Å². The molecule has 0 unspecified atom stereocenters. The Morgan fingerprint density at radius 2 is 2.03 bits per heavy atom. The number of pyridine rings is 1. The number of rotatable bonds is 7. The van der Waals surface area contributed by atoms with Gasteiger partial charge in [0.15, 0.2) is 5.13 Å². The van der Waals surface area contributed by atoms with E-state index < -0.39 is 0 Å². The highest BCUT2D eigenvalue weighted by atomic mass is 32.2. The topological polar surface area (TPSA) is 58.1 Å². The van der Waals surface area contributed by atoms with Gasteiger partial charge in [0.1, 0.15) is 5.82 Å². The van der Waals surface area contributed by atoms with Crippen molar-refractivity contribution in [3.63, 3.8) is 0 Å². The van der Waals surface area contributed by atoms with Gasteiger partial charge in [-0.2, -0.15) is 0 Å². The van der Waals surface area contributed by atoms with Crippen LogP contribution in [-0.2, 0) is 0 Å². The van der Waals surface area contributed by atoms with E-state index in [4.69, 9.17) is 0 Å². The number of thiazole rings is 1. The van der Waals surface area contributed by atoms with Gasteiger partial charge in [-0.25, -0.2) is 9.97 Å². The van der Waals surface area contributed by atoms with Crippen LogP contribution < -0.4 is 5.32 Å². The molecule has 4 rings (SSSR count). The largest absolute Gasteiger partial charge is 0.336 e. The van der Waals surface area contributed by atoms with E-state index in [9.17, 15) is 4.79 Å². The third-order valence-electron chi connectivity index (χ3n) is 5.66. The molecule has 0 spiro atoms. The maximum Gasteiger partial charge on any atom is 0.254 e. The van der Waals surface area contributed by atoms with Gasteiger partial charge in [-0.05, 0) is 56.5 Å². The van der Waals surface area contributed by atoms with Crippen LogP contribution in [0.3, 0.4) is 0 Å². The van der Waals surface area contributed by atoms with E-state index in [1.54, 1.807) is 29.3 Å². The highest BCUT2D eigenvalue weighted by Gasteiger charge is 2.26. The number of nitrogens with zero attached hydrogens (tertiary/aromatic N) is 3. The van der Waals surface area contributed by atoms with Crippen molar-refractivity contribution in [1.82, 2.24) is 14.9 Å². The quantitative estimate of drug-likeness (QED) is 0.441. The fourth-order valence-electron chi connectivity index (χ4n) is 4.04. The number of hydrogen-bond donors (Lipinski definition) is 1. The molecule has 0 aliphatic heterocycles. The second-order valence-electron chi connectivity index (χ2n) is 7.79. The monoisotopic (exact) mass is 452 g/mol. The van der Waals surface area contributed by atoms with Gasteiger partial charge in [0.2, 0.25) is 0 Å². The summed E-state index contributed by atoms with van der Waals surface area (Å²) in [6, 6.07) is 12.3. The van der Waals surface area contributed by atoms with E-state index in [0.29, 0.717) is 6.04 Å². The normalized spacial score (nSPS) is 14.4. The maximum absolute atomic E-state index is 13.4. The first-order valence-electron chi connectivity index (χ1n) is 10.9. The molecule has 1 fully saturated rings. The highest BCUT2D eigenvalue weighted by Crippen LogP contribution is 2.36. The van der Waals surface area contributed by atoms with Gasteiger partial charge in [0.05, 0.1) is 10.4 Å². The third-order valence-corrected chi connectivity index (χ3v) is 7.66. The first-order valence-corrected chi connectivity index (χ1v) is 12.5. The predicted molar refractivity (Wildman–Crippen MR) is 129 cm³/mol. The molecule has 2 heterocycles. The molecule has 3 aromatic rings. The molecule has 1 aromatic carbocycles. The van der Waals surface area contributed by atoms with Gasteiger partial charge >= 0.3 is 0 Å². The molecule has 162 valence electrons. The summed E-state index contributed by atoms with van der Waals surface area (Å²) in [5.74, 6) is 0.940. The van der Waals surface area contributed by atoms with Crippen LogP contribution in [0.15, 0.2) is 57.9 Å². The number of aryl methyl sites for hydroxylation is 1. The zero-order valence-corrected chi connectivity index (χ0v) is 19.6. The van der Waals surface area contributed by atoms with E-state index in [0.717, 1.165) is 50.6 Å². The fourth-order valence-corrected chi connectivity index (χ4v) is 5.94. The van der Waals surface area contributed by atoms with Gasteiger partial charge in [-0.3, -0.25) is 4.79 Å². The van der Waals surface area contributed by atoms with Crippen molar-refractivity contribution in [2.24, 2.45) is 0 Å². The van der Waals surface area contributed by atoms with Gasteiger partial charge in [-0.15, -0.1) is 0 Å². The summed E-state index contributed by atoms with van der Waals surface area (Å²) in [7, 11) is 0. The Morgan fingerprint density at radius 3 is 2.77 bits per heavy atom. The number of carbonyl (C=O) groups excluding carboxylic acids is 1. The number of aromatic nitrogens is 2. The first kappa shape index (κ1) is 21.8. The average molecular weight is 453 g/mol. The van der Waals surface area contributed by atoms with Crippen molar-refractivity contribution in [1.29, 1.82) is 0 Å². The van der Waals surface area contributed by atoms with E-state index in [2.05, 4.69) is 39.2 Å². The van der Waals surface area contributed by atoms with Crippen LogP contribution >= 0.6 is 23.1 Å². The molecular formula is C24H28N4OS2. The molecule has 0 atom stereocenters. The van der Waals surface area contributed by atoms with Crippen molar-refractivity contribution < 1.29 is 4.79 Å². The molecule has 1 aliphatic carbocycles. The van der Waals surface area contributed by atoms with Gasteiger partial charge in [0, 0.05) is 29.2 Å². The summed E-state index contributed by atoms with van der Waals surface area (Å²) < 4.78 is 1.07. The van der Waals surface area contributed by atoms with Gasteiger partial charge < -0.3 is 10.2 Å². The number of nitrogens with one attached hydrogen (secondary N) is 1. The Morgan fingerprint density at radius 1 is 1.19 bits per heavy atom. The molecule has 1 aliphatic rings. The lowest BCUT2D eigenvalue weighted by atomic mass is 9.93. The molecular weight excluding hydrogens is 424 g/mol. The zero-order valence-electron chi connectivity index (χ0n) is 18.0. The second-order valence-corrected chi connectivity index (χ2v) is 10.2. The predicted octanol–water partition coefficient (Wildman–Crippen LogP) is 6.54. The Balaban J connectivity index is 1.48. The standard InChI is InChI=1S/C24H28N4OS2/c1-3-28(18-9-5-4-6-10-18)23(29)20-15-19(13-12-17(20)2)30-22-16-26-24(31-22)27-21-11-7-8-14-25-21/h7-8,11-16,18H,3-6,9-10H2,1-2H3,(H,25,26,27). The van der Waals surface area contributed by atoms with Gasteiger partial charge in [0.25, 0.3) is 5.91 Å². The number of benzene rings is 1. The molecule has 5 nitrogen and oxygen atoms in total. The fraction of sp³-hybridized carbons (Fsp3) is 0.375. The molecule has 7 heteroatoms. The number of anilines is 2. The summed E-state index contributed by atoms with van der Waals surface area (Å²) >= 11 is 3.22. The summed E-state index contributed by atoms with van der Waals surface area (Å²) in [6.07, 6.45) is 9.61. The number of hydrogen-bond acceptors (Lipinski definition) is 6. The van der Waals surface area contributed by atoms with E-state index in [1.165, 1.54) is 19.3 Å². The lowest BCUT2D eigenvalue weighted by molar-refractivity contribution is 0.0647. The molecule has 1 N–H and O–H groups in total. The van der Waals surface area contributed by atoms with Crippen LogP contribution in [0.5, 0.6) is 0 Å². The molecule has 1 saturated carbocycles. The number of amides is 1. The average Bonchev–Trinajstić information content (AvgIpc) is 3.23. The smallest absolute Gasteiger partial charge is 0.254 e. The lowest BCUT2D eigenvalue weighted by Gasteiger charge is -2.34. The van der Waals surface area contributed by atoms with Crippen LogP contribution in [0, 0.1) is 6.92 Å². The van der Waals surface area contributed by atoms with Crippen LogP contribution in [0.25, 0.3) is 0 Å². The van der Waals surface area contributed by atoms with E-state index in [1.807, 2.05) is 37.4 Å². The summed E-state index contributed by atoms with van der Waals surface area (Å²) in [5, 5.41) is 4.03. The zero-order chi connectivity index (χ0) is 21.6. The van der Waals surface area contributed by atoms with Crippen molar-refractivity contribution >= 4 is 40.0 Å². The lowest BCUT2D eigenvalue weighted by Crippen LogP contribution is -2.41. The number of carbonyl (C=O) groups is 1. The molecule has 2 aromatic heterocycles. The first-order chi connectivity index (χ1) is 15.1.